The summed E-state index contributed by atoms with van der Waals surface area (Å²) in [5, 5.41) is 4.48. The molecule has 9 heteroatoms. The summed E-state index contributed by atoms with van der Waals surface area (Å²) < 4.78 is 19.7. The molecule has 0 aliphatic rings. The minimum atomic E-state index is -0.626. The number of aryl methyl sites for hydroxylation is 3. The minimum absolute atomic E-state index is 0.111. The standard InChI is InChI=1S/C25H34N4O5/c1-6-9-20-22-23(28(5)27-20)24(30)29(17(4)26-22)14-15-34-19-12-10-18(11-13-19)16-21(32-7-2)25(31)33-8-3/h10-13,21H,6-9,14-16H2,1-5H3. The minimum Gasteiger partial charge on any atom is -0.492 e. The van der Waals surface area contributed by atoms with E-state index in [1.807, 2.05) is 38.1 Å². The molecule has 0 saturated heterocycles. The van der Waals surface area contributed by atoms with E-state index in [1.165, 1.54) is 0 Å². The van der Waals surface area contributed by atoms with Crippen LogP contribution < -0.4 is 10.3 Å². The van der Waals surface area contributed by atoms with Gasteiger partial charge in [0.2, 0.25) is 0 Å². The zero-order valence-corrected chi connectivity index (χ0v) is 20.7. The molecule has 0 bridgehead atoms. The maximum atomic E-state index is 13.1. The Labute approximate surface area is 199 Å². The van der Waals surface area contributed by atoms with Crippen molar-refractivity contribution in [3.05, 3.63) is 51.7 Å². The van der Waals surface area contributed by atoms with Gasteiger partial charge >= 0.3 is 5.97 Å². The van der Waals surface area contributed by atoms with Gasteiger partial charge in [-0.2, -0.15) is 5.10 Å². The Morgan fingerprint density at radius 1 is 1.12 bits per heavy atom. The van der Waals surface area contributed by atoms with E-state index in [1.54, 1.807) is 23.2 Å². The van der Waals surface area contributed by atoms with Crippen molar-refractivity contribution < 1.29 is 19.0 Å². The average molecular weight is 471 g/mol. The second-order valence-corrected chi connectivity index (χ2v) is 8.03. The van der Waals surface area contributed by atoms with Crippen LogP contribution in [0, 0.1) is 6.92 Å². The largest absolute Gasteiger partial charge is 0.492 e. The van der Waals surface area contributed by atoms with Crippen LogP contribution in [0.5, 0.6) is 5.75 Å². The number of nitrogens with zero attached hydrogens (tertiary/aromatic N) is 4. The fraction of sp³-hybridized carbons (Fsp3) is 0.520. The molecule has 1 aromatic carbocycles. The van der Waals surface area contributed by atoms with Crippen LogP contribution in [0.3, 0.4) is 0 Å². The van der Waals surface area contributed by atoms with Gasteiger partial charge in [0.25, 0.3) is 5.56 Å². The lowest BCUT2D eigenvalue weighted by Crippen LogP contribution is -2.29. The van der Waals surface area contributed by atoms with E-state index in [0.717, 1.165) is 24.1 Å². The van der Waals surface area contributed by atoms with E-state index in [4.69, 9.17) is 14.2 Å². The van der Waals surface area contributed by atoms with Gasteiger partial charge in [0.15, 0.2) is 11.6 Å². The van der Waals surface area contributed by atoms with Gasteiger partial charge in [0, 0.05) is 20.1 Å². The fourth-order valence-corrected chi connectivity index (χ4v) is 3.93. The SMILES string of the molecule is CCCc1nn(C)c2c(=O)n(CCOc3ccc(CC(OCC)C(=O)OCC)cc3)c(C)nc12. The second kappa shape index (κ2) is 11.8. The van der Waals surface area contributed by atoms with E-state index < -0.39 is 6.10 Å². The molecule has 0 aliphatic carbocycles. The number of fused-ring (bicyclic) bond motifs is 1. The molecule has 184 valence electrons. The highest BCUT2D eigenvalue weighted by atomic mass is 16.6. The molecule has 0 radical (unpaired) electrons. The third-order valence-electron chi connectivity index (χ3n) is 5.54. The van der Waals surface area contributed by atoms with Crippen LogP contribution >= 0.6 is 0 Å². The molecule has 9 nitrogen and oxygen atoms in total. The molecule has 1 unspecified atom stereocenters. The summed E-state index contributed by atoms with van der Waals surface area (Å²) >= 11 is 0. The molecule has 0 fully saturated rings. The summed E-state index contributed by atoms with van der Waals surface area (Å²) in [6.07, 6.45) is 1.53. The van der Waals surface area contributed by atoms with Crippen LogP contribution in [0.1, 0.15) is 44.3 Å². The van der Waals surface area contributed by atoms with Crippen molar-refractivity contribution in [2.75, 3.05) is 19.8 Å². The van der Waals surface area contributed by atoms with Gasteiger partial charge in [-0.1, -0.05) is 25.5 Å². The topological polar surface area (TPSA) is 97.5 Å². The Kier molecular flexibility index (Phi) is 8.81. The molecular formula is C25H34N4O5. The van der Waals surface area contributed by atoms with E-state index in [-0.39, 0.29) is 11.5 Å². The second-order valence-electron chi connectivity index (χ2n) is 8.03. The molecule has 0 amide bonds. The number of hydrogen-bond donors (Lipinski definition) is 0. The van der Waals surface area contributed by atoms with Crippen LogP contribution in [0.25, 0.3) is 11.0 Å². The highest BCUT2D eigenvalue weighted by Gasteiger charge is 2.20. The van der Waals surface area contributed by atoms with Crippen LogP contribution in [0.2, 0.25) is 0 Å². The lowest BCUT2D eigenvalue weighted by molar-refractivity contribution is -0.156. The summed E-state index contributed by atoms with van der Waals surface area (Å²) in [7, 11) is 1.78. The number of carbonyl (C=O) groups is 1. The Morgan fingerprint density at radius 2 is 1.85 bits per heavy atom. The quantitative estimate of drug-likeness (QED) is 0.375. The first kappa shape index (κ1) is 25.4. The molecule has 1 atom stereocenters. The molecule has 2 aromatic heterocycles. The zero-order chi connectivity index (χ0) is 24.7. The summed E-state index contributed by atoms with van der Waals surface area (Å²) in [5.74, 6) is 0.965. The predicted octanol–water partition coefficient (Wildman–Crippen LogP) is 2.98. The Bertz CT molecular complexity index is 1170. The summed E-state index contributed by atoms with van der Waals surface area (Å²) in [5.41, 5.74) is 2.90. The molecule has 0 N–H and O–H groups in total. The molecule has 3 aromatic rings. The van der Waals surface area contributed by atoms with Crippen molar-refractivity contribution >= 4 is 17.0 Å². The third kappa shape index (κ3) is 5.83. The van der Waals surface area contributed by atoms with Crippen molar-refractivity contribution in [1.82, 2.24) is 19.3 Å². The van der Waals surface area contributed by atoms with Crippen LogP contribution in [-0.2, 0) is 40.7 Å². The zero-order valence-electron chi connectivity index (χ0n) is 20.7. The van der Waals surface area contributed by atoms with E-state index >= 15 is 0 Å². The third-order valence-corrected chi connectivity index (χ3v) is 5.54. The first-order valence-corrected chi connectivity index (χ1v) is 11.8. The summed E-state index contributed by atoms with van der Waals surface area (Å²) in [6, 6.07) is 7.49. The molecule has 3 rings (SSSR count). The average Bonchev–Trinajstić information content (AvgIpc) is 3.12. The maximum absolute atomic E-state index is 13.1. The van der Waals surface area contributed by atoms with Crippen LogP contribution in [-0.4, -0.2) is 51.2 Å². The van der Waals surface area contributed by atoms with Gasteiger partial charge in [-0.25, -0.2) is 9.78 Å². The molecule has 0 aliphatic heterocycles. The Balaban J connectivity index is 1.65. The van der Waals surface area contributed by atoms with Crippen molar-refractivity contribution in [2.24, 2.45) is 7.05 Å². The predicted molar refractivity (Wildman–Crippen MR) is 129 cm³/mol. The smallest absolute Gasteiger partial charge is 0.335 e. The van der Waals surface area contributed by atoms with Crippen molar-refractivity contribution in [3.63, 3.8) is 0 Å². The summed E-state index contributed by atoms with van der Waals surface area (Å²) in [4.78, 5) is 29.8. The molecule has 34 heavy (non-hydrogen) atoms. The van der Waals surface area contributed by atoms with Gasteiger partial charge in [-0.15, -0.1) is 0 Å². The number of esters is 1. The van der Waals surface area contributed by atoms with Gasteiger partial charge in [0.1, 0.15) is 23.7 Å². The van der Waals surface area contributed by atoms with E-state index in [0.29, 0.717) is 55.4 Å². The van der Waals surface area contributed by atoms with Gasteiger partial charge in [-0.05, 0) is 44.9 Å². The number of rotatable bonds is 12. The number of ether oxygens (including phenoxy) is 3. The lowest BCUT2D eigenvalue weighted by Gasteiger charge is -2.16. The van der Waals surface area contributed by atoms with Crippen LogP contribution in [0.4, 0.5) is 0 Å². The highest BCUT2D eigenvalue weighted by Crippen LogP contribution is 2.17. The van der Waals surface area contributed by atoms with Crippen molar-refractivity contribution in [2.45, 2.75) is 59.6 Å². The number of carbonyl (C=O) groups excluding carboxylic acids is 1. The monoisotopic (exact) mass is 470 g/mol. The van der Waals surface area contributed by atoms with Crippen LogP contribution in [0.15, 0.2) is 29.1 Å². The first-order valence-electron chi connectivity index (χ1n) is 11.8. The van der Waals surface area contributed by atoms with Gasteiger partial charge in [-0.3, -0.25) is 14.0 Å². The normalized spacial score (nSPS) is 12.1. The Hall–Kier alpha value is -3.20. The highest BCUT2D eigenvalue weighted by molar-refractivity contribution is 5.76. The number of benzene rings is 1. The van der Waals surface area contributed by atoms with E-state index in [2.05, 4.69) is 17.0 Å². The number of hydrogen-bond acceptors (Lipinski definition) is 7. The van der Waals surface area contributed by atoms with Gasteiger partial charge in [0.05, 0.1) is 18.8 Å². The molecule has 0 saturated carbocycles. The Morgan fingerprint density at radius 3 is 2.50 bits per heavy atom. The lowest BCUT2D eigenvalue weighted by atomic mass is 10.1. The molecule has 2 heterocycles. The maximum Gasteiger partial charge on any atom is 0.335 e. The molecule has 0 spiro atoms. The number of aromatic nitrogens is 4. The van der Waals surface area contributed by atoms with Gasteiger partial charge < -0.3 is 14.2 Å². The molecular weight excluding hydrogens is 436 g/mol. The fourth-order valence-electron chi connectivity index (χ4n) is 3.93. The van der Waals surface area contributed by atoms with Crippen molar-refractivity contribution in [3.8, 4) is 5.75 Å². The van der Waals surface area contributed by atoms with E-state index in [9.17, 15) is 9.59 Å². The summed E-state index contributed by atoms with van der Waals surface area (Å²) in [6.45, 7) is 8.98. The first-order chi connectivity index (χ1) is 16.4. The van der Waals surface area contributed by atoms with Crippen molar-refractivity contribution in [1.29, 1.82) is 0 Å².